The van der Waals surface area contributed by atoms with E-state index in [1.807, 2.05) is 11.8 Å². The molecule has 3 nitrogen and oxygen atoms in total. The number of anilines is 1. The van der Waals surface area contributed by atoms with Crippen molar-refractivity contribution in [3.8, 4) is 0 Å². The molecule has 1 atom stereocenters. The Morgan fingerprint density at radius 3 is 2.55 bits per heavy atom. The monoisotopic (exact) mass is 286 g/mol. The number of likely N-dealkylation sites (N-methyl/N-ethyl adjacent to an activating group) is 1. The summed E-state index contributed by atoms with van der Waals surface area (Å²) in [4.78, 5) is 9.16. The van der Waals surface area contributed by atoms with Crippen LogP contribution in [0.2, 0.25) is 0 Å². The molecule has 0 aromatic heterocycles. The highest BCUT2D eigenvalue weighted by atomic mass is 32.2. The van der Waals surface area contributed by atoms with Crippen molar-refractivity contribution in [2.45, 2.75) is 10.1 Å². The van der Waals surface area contributed by atoms with E-state index in [1.54, 1.807) is 0 Å². The van der Waals surface area contributed by atoms with Crippen LogP contribution in [0.25, 0.3) is 0 Å². The first-order valence-corrected chi connectivity index (χ1v) is 7.61. The number of nitrogens with zero attached hydrogens (tertiary/aromatic N) is 2. The van der Waals surface area contributed by atoms with Crippen molar-refractivity contribution in [3.63, 3.8) is 0 Å². The van der Waals surface area contributed by atoms with Crippen molar-refractivity contribution in [2.75, 3.05) is 33.1 Å². The van der Waals surface area contributed by atoms with Gasteiger partial charge in [-0.2, -0.15) is 0 Å². The Morgan fingerprint density at radius 2 is 1.85 bits per heavy atom. The van der Waals surface area contributed by atoms with E-state index in [-0.39, 0.29) is 0 Å². The van der Waals surface area contributed by atoms with Crippen LogP contribution in [-0.2, 0) is 0 Å². The van der Waals surface area contributed by atoms with E-state index in [1.165, 1.54) is 27.7 Å². The van der Waals surface area contributed by atoms with Gasteiger partial charge in [0.2, 0.25) is 5.69 Å². The molecule has 1 aromatic carbocycles. The first-order chi connectivity index (χ1) is 9.54. The summed E-state index contributed by atoms with van der Waals surface area (Å²) in [6.07, 6.45) is 6.67. The molecule has 0 bridgehead atoms. The molecule has 0 amide bonds. The van der Waals surface area contributed by atoms with E-state index in [9.17, 15) is 0 Å². The number of hydrogen-bond acceptors (Lipinski definition) is 3. The molecule has 1 N–H and O–H groups in total. The third-order valence-electron chi connectivity index (χ3n) is 3.59. The minimum absolute atomic E-state index is 0.377. The Hall–Kier alpha value is -1.68. The third kappa shape index (κ3) is 2.36. The number of thioether (sulfide) groups is 1. The summed E-state index contributed by atoms with van der Waals surface area (Å²) < 4.78 is 0. The van der Waals surface area contributed by atoms with E-state index >= 15 is 0 Å². The van der Waals surface area contributed by atoms with Crippen molar-refractivity contribution >= 4 is 28.8 Å². The van der Waals surface area contributed by atoms with E-state index in [0.29, 0.717) is 5.25 Å². The summed E-state index contributed by atoms with van der Waals surface area (Å²) in [5.74, 6) is 0. The summed E-state index contributed by atoms with van der Waals surface area (Å²) in [5.41, 5.74) is 4.98. The van der Waals surface area contributed by atoms with Gasteiger partial charge in [0.15, 0.2) is 5.71 Å². The van der Waals surface area contributed by atoms with Gasteiger partial charge in [0, 0.05) is 51.7 Å². The SMILES string of the molecule is CN(C)C1=CC2Sc3cc(N(C)C)ccc3[NH+]=C2C=C1. The number of nitrogens with one attached hydrogen (secondary N) is 1. The second-order valence-corrected chi connectivity index (χ2v) is 6.70. The quantitative estimate of drug-likeness (QED) is 0.887. The van der Waals surface area contributed by atoms with Crippen LogP contribution < -0.4 is 9.89 Å². The third-order valence-corrected chi connectivity index (χ3v) is 4.83. The highest BCUT2D eigenvalue weighted by Crippen LogP contribution is 2.35. The first-order valence-electron chi connectivity index (χ1n) is 6.74. The number of benzene rings is 1. The number of allylic oxidation sites excluding steroid dienone is 2. The van der Waals surface area contributed by atoms with Gasteiger partial charge in [0.05, 0.1) is 4.90 Å². The molecular formula is C16H20N3S+. The molecule has 0 saturated carbocycles. The van der Waals surface area contributed by atoms with Gasteiger partial charge in [-0.25, -0.2) is 4.99 Å². The zero-order chi connectivity index (χ0) is 14.3. The van der Waals surface area contributed by atoms with Gasteiger partial charge in [-0.15, -0.1) is 11.8 Å². The van der Waals surface area contributed by atoms with Crippen molar-refractivity contribution in [2.24, 2.45) is 0 Å². The van der Waals surface area contributed by atoms with E-state index in [0.717, 1.165) is 0 Å². The second-order valence-electron chi connectivity index (χ2n) is 5.51. The molecule has 4 heteroatoms. The minimum Gasteiger partial charge on any atom is -0.378 e. The molecular weight excluding hydrogens is 266 g/mol. The van der Waals surface area contributed by atoms with Gasteiger partial charge in [-0.05, 0) is 24.3 Å². The fourth-order valence-corrected chi connectivity index (χ4v) is 3.54. The van der Waals surface area contributed by atoms with Gasteiger partial charge in [0.1, 0.15) is 5.25 Å². The van der Waals surface area contributed by atoms with Gasteiger partial charge in [-0.1, -0.05) is 0 Å². The molecule has 1 heterocycles. The fourth-order valence-electron chi connectivity index (χ4n) is 2.36. The Balaban J connectivity index is 1.97. The molecule has 0 spiro atoms. The van der Waals surface area contributed by atoms with Crippen molar-refractivity contribution in [1.29, 1.82) is 0 Å². The standard InChI is InChI=1S/C16H19N3S/c1-18(2)11-5-7-13-15(9-11)20-16-10-12(19(3)4)6-8-14(16)17-13/h5-10,15H,1-4H3/p+1. The van der Waals surface area contributed by atoms with Crippen LogP contribution in [0.15, 0.2) is 47.0 Å². The number of hydrogen-bond donors (Lipinski definition) is 1. The first kappa shape index (κ1) is 13.3. The predicted molar refractivity (Wildman–Crippen MR) is 87.0 cm³/mol. The molecule has 1 aliphatic carbocycles. The molecule has 0 fully saturated rings. The molecule has 104 valence electrons. The zero-order valence-electron chi connectivity index (χ0n) is 12.3. The zero-order valence-corrected chi connectivity index (χ0v) is 13.2. The predicted octanol–water partition coefficient (Wildman–Crippen LogP) is 1.40. The Bertz CT molecular complexity index is 627. The fraction of sp³-hybridized carbons (Fsp3) is 0.312. The largest absolute Gasteiger partial charge is 0.378 e. The molecule has 1 aromatic rings. The summed E-state index contributed by atoms with van der Waals surface area (Å²) in [6, 6.07) is 6.58. The Labute approximate surface area is 124 Å². The van der Waals surface area contributed by atoms with Crippen molar-refractivity contribution in [3.05, 3.63) is 42.1 Å². The van der Waals surface area contributed by atoms with Gasteiger partial charge in [0.25, 0.3) is 0 Å². The maximum atomic E-state index is 3.55. The maximum Gasteiger partial charge on any atom is 0.217 e. The second kappa shape index (κ2) is 5.02. The molecule has 1 aliphatic heterocycles. The van der Waals surface area contributed by atoms with E-state index < -0.39 is 0 Å². The molecule has 1 unspecified atom stereocenters. The van der Waals surface area contributed by atoms with Gasteiger partial charge >= 0.3 is 0 Å². The highest BCUT2D eigenvalue weighted by molar-refractivity contribution is 8.01. The smallest absolute Gasteiger partial charge is 0.217 e. The van der Waals surface area contributed by atoms with Crippen LogP contribution in [0.5, 0.6) is 0 Å². The summed E-state index contributed by atoms with van der Waals surface area (Å²) in [7, 11) is 8.32. The van der Waals surface area contributed by atoms with Crippen LogP contribution >= 0.6 is 11.8 Å². The summed E-state index contributed by atoms with van der Waals surface area (Å²) >= 11 is 1.91. The van der Waals surface area contributed by atoms with Crippen LogP contribution in [-0.4, -0.2) is 44.1 Å². The molecule has 3 rings (SSSR count). The Morgan fingerprint density at radius 1 is 1.05 bits per heavy atom. The number of fused-ring (bicyclic) bond motifs is 2. The number of rotatable bonds is 2. The average molecular weight is 286 g/mol. The highest BCUT2D eigenvalue weighted by Gasteiger charge is 2.29. The topological polar surface area (TPSA) is 20.5 Å². The van der Waals surface area contributed by atoms with Crippen LogP contribution in [0.1, 0.15) is 0 Å². The lowest BCUT2D eigenvalue weighted by atomic mass is 10.1. The molecule has 2 aliphatic rings. The van der Waals surface area contributed by atoms with Crippen LogP contribution in [0.3, 0.4) is 0 Å². The van der Waals surface area contributed by atoms with Gasteiger partial charge in [-0.3, -0.25) is 0 Å². The summed E-state index contributed by atoms with van der Waals surface area (Å²) in [5, 5.41) is 0.377. The minimum atomic E-state index is 0.377. The Kier molecular flexibility index (Phi) is 3.34. The lowest BCUT2D eigenvalue weighted by Crippen LogP contribution is -2.70. The normalized spacial score (nSPS) is 19.7. The molecule has 20 heavy (non-hydrogen) atoms. The van der Waals surface area contributed by atoms with Crippen molar-refractivity contribution in [1.82, 2.24) is 4.90 Å². The van der Waals surface area contributed by atoms with Crippen LogP contribution in [0, 0.1) is 0 Å². The lowest BCUT2D eigenvalue weighted by Gasteiger charge is -2.23. The lowest BCUT2D eigenvalue weighted by molar-refractivity contribution is -0.357. The van der Waals surface area contributed by atoms with Gasteiger partial charge < -0.3 is 9.80 Å². The molecule has 0 saturated heterocycles. The maximum absolute atomic E-state index is 3.55. The van der Waals surface area contributed by atoms with E-state index in [2.05, 4.69) is 79.4 Å². The van der Waals surface area contributed by atoms with Crippen LogP contribution in [0.4, 0.5) is 11.4 Å². The van der Waals surface area contributed by atoms with E-state index in [4.69, 9.17) is 0 Å². The summed E-state index contributed by atoms with van der Waals surface area (Å²) in [6.45, 7) is 0. The molecule has 0 radical (unpaired) electrons. The average Bonchev–Trinajstić information content (AvgIpc) is 2.43. The van der Waals surface area contributed by atoms with Crippen molar-refractivity contribution < 1.29 is 4.99 Å².